The van der Waals surface area contributed by atoms with Gasteiger partial charge in [-0.05, 0) is 41.3 Å². The number of halogens is 1. The maximum atomic E-state index is 13.9. The molecule has 0 spiro atoms. The molecule has 4 nitrogen and oxygen atoms in total. The van der Waals surface area contributed by atoms with Crippen LogP contribution in [0.5, 0.6) is 0 Å². The fraction of sp³-hybridized carbons (Fsp3) is 0.192. The Hall–Kier alpha value is -3.24. The van der Waals surface area contributed by atoms with Crippen molar-refractivity contribution in [2.45, 2.75) is 18.3 Å². The minimum Gasteiger partial charge on any atom is -0.299 e. The molecule has 0 radical (unpaired) electrons. The average Bonchev–Trinajstić information content (AvgIpc) is 3.05. The Balaban J connectivity index is 1.69. The quantitative estimate of drug-likeness (QED) is 0.566. The van der Waals surface area contributed by atoms with Crippen molar-refractivity contribution < 1.29 is 14.4 Å². The summed E-state index contributed by atoms with van der Waals surface area (Å²) in [6.07, 6.45) is 0. The summed E-state index contributed by atoms with van der Waals surface area (Å²) in [5.74, 6) is -2.47. The third-order valence-corrected chi connectivity index (χ3v) is 7.59. The minimum absolute atomic E-state index is 0.122. The molecule has 1 fully saturated rings. The number of para-hydroxylation sites is 1. The van der Waals surface area contributed by atoms with Crippen molar-refractivity contribution in [2.24, 2.45) is 11.8 Å². The molecule has 1 aliphatic heterocycles. The molecule has 2 bridgehead atoms. The van der Waals surface area contributed by atoms with E-state index in [1.807, 2.05) is 48.5 Å². The molecule has 2 amide bonds. The molecule has 2 atom stereocenters. The largest absolute Gasteiger partial charge is 0.299 e. The van der Waals surface area contributed by atoms with Crippen molar-refractivity contribution in [3.05, 3.63) is 100 Å². The van der Waals surface area contributed by atoms with Crippen LogP contribution in [0.3, 0.4) is 0 Å². The van der Waals surface area contributed by atoms with Crippen LogP contribution in [0.25, 0.3) is 0 Å². The fourth-order valence-electron chi connectivity index (χ4n) is 6.24. The zero-order valence-corrected chi connectivity index (χ0v) is 17.5. The van der Waals surface area contributed by atoms with Crippen LogP contribution >= 0.6 is 11.6 Å². The van der Waals surface area contributed by atoms with Gasteiger partial charge in [0.05, 0.1) is 28.0 Å². The number of carbonyl (C=O) groups is 3. The van der Waals surface area contributed by atoms with Gasteiger partial charge >= 0.3 is 0 Å². The molecule has 3 aromatic rings. The maximum absolute atomic E-state index is 13.9. The molecular formula is C26H18ClNO3. The number of Topliss-reactive ketones (excluding diaryl/α,β-unsaturated/α-hetero) is 1. The number of benzene rings is 3. The third kappa shape index (κ3) is 2.04. The van der Waals surface area contributed by atoms with Crippen LogP contribution in [-0.4, -0.2) is 17.6 Å². The van der Waals surface area contributed by atoms with Crippen molar-refractivity contribution in [1.29, 1.82) is 0 Å². The Labute approximate surface area is 184 Å². The lowest BCUT2D eigenvalue weighted by molar-refractivity contribution is -0.132. The van der Waals surface area contributed by atoms with Crippen molar-refractivity contribution >= 4 is 34.9 Å². The van der Waals surface area contributed by atoms with E-state index in [1.54, 1.807) is 24.3 Å². The van der Waals surface area contributed by atoms with E-state index in [4.69, 9.17) is 11.6 Å². The molecule has 1 heterocycles. The normalized spacial score (nSPS) is 27.7. The fourth-order valence-corrected chi connectivity index (χ4v) is 6.46. The summed E-state index contributed by atoms with van der Waals surface area (Å²) < 4.78 is 0. The minimum atomic E-state index is -1.19. The van der Waals surface area contributed by atoms with Gasteiger partial charge in [-0.15, -0.1) is 0 Å². The Morgan fingerprint density at radius 3 is 1.97 bits per heavy atom. The highest BCUT2D eigenvalue weighted by molar-refractivity contribution is 6.36. The first kappa shape index (κ1) is 18.5. The van der Waals surface area contributed by atoms with Crippen LogP contribution in [0.1, 0.15) is 35.1 Å². The van der Waals surface area contributed by atoms with Crippen molar-refractivity contribution in [1.82, 2.24) is 0 Å². The standard InChI is InChI=1S/C26H18ClNO3/c1-14(29)26-17-10-4-2-8-15(17)21(16-9-3-5-11-18(16)26)22-23(26)25(31)28(24(22)30)20-13-7-6-12-19(20)27/h2-13,21-23H,1H3/t21?,22-,23-,26?/m0/s1. The van der Waals surface area contributed by atoms with Crippen LogP contribution in [-0.2, 0) is 19.8 Å². The molecule has 0 N–H and O–H groups in total. The highest BCUT2D eigenvalue weighted by Gasteiger charge is 2.70. The summed E-state index contributed by atoms with van der Waals surface area (Å²) in [6.45, 7) is 1.53. The highest BCUT2D eigenvalue weighted by Crippen LogP contribution is 2.64. The number of hydrogen-bond donors (Lipinski definition) is 0. The number of carbonyl (C=O) groups excluding carboxylic acids is 3. The summed E-state index contributed by atoms with van der Waals surface area (Å²) in [4.78, 5) is 42.4. The highest BCUT2D eigenvalue weighted by atomic mass is 35.5. The molecule has 3 aliphatic carbocycles. The Morgan fingerprint density at radius 1 is 0.839 bits per heavy atom. The number of anilines is 1. The molecule has 31 heavy (non-hydrogen) atoms. The van der Waals surface area contributed by atoms with E-state index in [0.29, 0.717) is 10.7 Å². The molecule has 0 aromatic heterocycles. The summed E-state index contributed by atoms with van der Waals surface area (Å²) in [7, 11) is 0. The first-order valence-electron chi connectivity index (χ1n) is 10.3. The Morgan fingerprint density at radius 2 is 1.39 bits per heavy atom. The molecule has 5 heteroatoms. The predicted molar refractivity (Wildman–Crippen MR) is 117 cm³/mol. The van der Waals surface area contributed by atoms with Crippen LogP contribution in [0.4, 0.5) is 5.69 Å². The molecule has 0 unspecified atom stereocenters. The molecule has 152 valence electrons. The number of hydrogen-bond acceptors (Lipinski definition) is 3. The number of amides is 2. The summed E-state index contributed by atoms with van der Waals surface area (Å²) >= 11 is 6.38. The van der Waals surface area contributed by atoms with Gasteiger partial charge in [0, 0.05) is 5.92 Å². The van der Waals surface area contributed by atoms with Gasteiger partial charge < -0.3 is 0 Å². The first-order valence-corrected chi connectivity index (χ1v) is 10.7. The van der Waals surface area contributed by atoms with E-state index in [9.17, 15) is 14.4 Å². The second-order valence-electron chi connectivity index (χ2n) is 8.48. The average molecular weight is 428 g/mol. The zero-order chi connectivity index (χ0) is 21.5. The van der Waals surface area contributed by atoms with E-state index in [0.717, 1.165) is 22.3 Å². The number of ketones is 1. The Kier molecular flexibility index (Phi) is 3.67. The molecule has 0 saturated carbocycles. The molecular weight excluding hydrogens is 410 g/mol. The van der Waals surface area contributed by atoms with Crippen LogP contribution in [0.15, 0.2) is 72.8 Å². The SMILES string of the molecule is CC(=O)C12c3ccccc3C(c3ccccc31)[C@@H]1C(=O)N(c3ccccc3Cl)C(=O)[C@H]12. The van der Waals surface area contributed by atoms with Gasteiger partial charge in [0.2, 0.25) is 11.8 Å². The summed E-state index contributed by atoms with van der Waals surface area (Å²) in [5, 5.41) is 0.335. The first-order chi connectivity index (χ1) is 15.0. The maximum Gasteiger partial charge on any atom is 0.239 e. The Bertz CT molecular complexity index is 1270. The van der Waals surface area contributed by atoms with Gasteiger partial charge in [0.25, 0.3) is 0 Å². The third-order valence-electron chi connectivity index (χ3n) is 7.27. The van der Waals surface area contributed by atoms with Gasteiger partial charge in [0.1, 0.15) is 5.78 Å². The van der Waals surface area contributed by atoms with Gasteiger partial charge in [-0.1, -0.05) is 72.3 Å². The van der Waals surface area contributed by atoms with Crippen molar-refractivity contribution in [3.63, 3.8) is 0 Å². The lowest BCUT2D eigenvalue weighted by Gasteiger charge is -2.52. The van der Waals surface area contributed by atoms with E-state index < -0.39 is 17.3 Å². The van der Waals surface area contributed by atoms with E-state index >= 15 is 0 Å². The molecule has 4 aliphatic rings. The monoisotopic (exact) mass is 427 g/mol. The second-order valence-corrected chi connectivity index (χ2v) is 8.89. The number of imide groups is 1. The van der Waals surface area contributed by atoms with Gasteiger partial charge in [-0.2, -0.15) is 0 Å². The van der Waals surface area contributed by atoms with E-state index in [-0.39, 0.29) is 23.5 Å². The topological polar surface area (TPSA) is 54.5 Å². The smallest absolute Gasteiger partial charge is 0.239 e. The van der Waals surface area contributed by atoms with Crippen LogP contribution in [0.2, 0.25) is 5.02 Å². The lowest BCUT2D eigenvalue weighted by Crippen LogP contribution is -2.57. The summed E-state index contributed by atoms with van der Waals surface area (Å²) in [5.41, 5.74) is 2.79. The van der Waals surface area contributed by atoms with E-state index in [2.05, 4.69) is 0 Å². The molecule has 7 rings (SSSR count). The molecule has 1 saturated heterocycles. The number of nitrogens with zero attached hydrogens (tertiary/aromatic N) is 1. The number of rotatable bonds is 2. The van der Waals surface area contributed by atoms with Gasteiger partial charge in [0.15, 0.2) is 0 Å². The van der Waals surface area contributed by atoms with Crippen LogP contribution in [0, 0.1) is 11.8 Å². The van der Waals surface area contributed by atoms with Gasteiger partial charge in [-0.3, -0.25) is 14.4 Å². The van der Waals surface area contributed by atoms with Crippen molar-refractivity contribution in [3.8, 4) is 0 Å². The van der Waals surface area contributed by atoms with Gasteiger partial charge in [-0.25, -0.2) is 4.90 Å². The lowest BCUT2D eigenvalue weighted by atomic mass is 9.46. The molecule has 3 aromatic carbocycles. The summed E-state index contributed by atoms with van der Waals surface area (Å²) in [6, 6.07) is 22.4. The predicted octanol–water partition coefficient (Wildman–Crippen LogP) is 4.48. The van der Waals surface area contributed by atoms with Crippen molar-refractivity contribution in [2.75, 3.05) is 4.90 Å². The zero-order valence-electron chi connectivity index (χ0n) is 16.7. The van der Waals surface area contributed by atoms with Crippen LogP contribution < -0.4 is 4.90 Å². The van der Waals surface area contributed by atoms with E-state index in [1.165, 1.54) is 11.8 Å². The second kappa shape index (κ2) is 6.14.